The minimum atomic E-state index is -0.812. The number of nitrogens with zero attached hydrogens (tertiary/aromatic N) is 4. The van der Waals surface area contributed by atoms with Crippen LogP contribution in [0.2, 0.25) is 0 Å². The molecule has 2 heterocycles. The Morgan fingerprint density at radius 2 is 2.03 bits per heavy atom. The molecule has 2 N–H and O–H groups in total. The summed E-state index contributed by atoms with van der Waals surface area (Å²) in [5.74, 6) is 0.176. The van der Waals surface area contributed by atoms with Gasteiger partial charge in [0.1, 0.15) is 11.7 Å². The van der Waals surface area contributed by atoms with Gasteiger partial charge in [-0.1, -0.05) is 11.2 Å². The summed E-state index contributed by atoms with van der Waals surface area (Å²) in [5.41, 5.74) is 3.80. The molecule has 1 saturated heterocycles. The average Bonchev–Trinajstić information content (AvgIpc) is 3.13. The highest BCUT2D eigenvalue weighted by Gasteiger charge is 2.31. The maximum Gasteiger partial charge on any atom is 0.410 e. The molecular formula is C23H35N5O4. The predicted molar refractivity (Wildman–Crippen MR) is 122 cm³/mol. The Balaban J connectivity index is 1.68. The van der Waals surface area contributed by atoms with Crippen LogP contribution in [-0.4, -0.2) is 62.5 Å². The number of carbonyl (C=O) groups excluding carboxylic acids is 1. The molecule has 1 aromatic heterocycles. The van der Waals surface area contributed by atoms with E-state index in [1.54, 1.807) is 6.92 Å². The van der Waals surface area contributed by atoms with Crippen molar-refractivity contribution in [3.05, 3.63) is 34.7 Å². The molecular weight excluding hydrogens is 410 g/mol. The lowest BCUT2D eigenvalue weighted by molar-refractivity contribution is 0.000538. The van der Waals surface area contributed by atoms with Crippen molar-refractivity contribution in [3.63, 3.8) is 0 Å². The number of piperazine rings is 1. The van der Waals surface area contributed by atoms with Crippen LogP contribution in [-0.2, 0) is 11.3 Å². The first kappa shape index (κ1) is 24.0. The molecule has 0 bridgehead atoms. The molecule has 0 spiro atoms. The zero-order valence-electron chi connectivity index (χ0n) is 20.1. The molecule has 0 radical (unpaired) electrons. The molecule has 1 amide bonds. The molecule has 9 heteroatoms. The smallest absolute Gasteiger partial charge is 0.410 e. The van der Waals surface area contributed by atoms with Crippen molar-refractivity contribution in [2.75, 3.05) is 25.0 Å². The van der Waals surface area contributed by atoms with Crippen LogP contribution in [0.15, 0.2) is 16.5 Å². The molecule has 2 atom stereocenters. The van der Waals surface area contributed by atoms with E-state index in [9.17, 15) is 9.90 Å². The number of aliphatic hydroxyl groups is 1. The van der Waals surface area contributed by atoms with Crippen molar-refractivity contribution in [2.24, 2.45) is 0 Å². The Bertz CT molecular complexity index is 950. The first-order chi connectivity index (χ1) is 14.9. The largest absolute Gasteiger partial charge is 0.444 e. The Morgan fingerprint density at radius 3 is 2.62 bits per heavy atom. The second-order valence-corrected chi connectivity index (χ2v) is 9.60. The van der Waals surface area contributed by atoms with Gasteiger partial charge in [-0.25, -0.2) is 4.79 Å². The standard InChI is InChI=1S/C23H35N5O4/c1-14-10-18(16(3)19(11-14)24-21-26-25-20(31-21)17(4)29)13-27-8-9-28(15(2)12-27)22(30)32-23(5,6)7/h10-11,15,17,29H,8-9,12-13H2,1-7H3,(H,24,26)/t15-,17?/m0/s1. The van der Waals surface area contributed by atoms with Crippen LogP contribution in [0.4, 0.5) is 16.5 Å². The fourth-order valence-electron chi connectivity index (χ4n) is 3.81. The molecule has 0 aliphatic carbocycles. The fourth-order valence-corrected chi connectivity index (χ4v) is 3.81. The number of nitrogens with one attached hydrogen (secondary N) is 1. The first-order valence-corrected chi connectivity index (χ1v) is 11.0. The molecule has 32 heavy (non-hydrogen) atoms. The third kappa shape index (κ3) is 5.98. The van der Waals surface area contributed by atoms with Gasteiger partial charge in [-0.15, -0.1) is 5.10 Å². The van der Waals surface area contributed by atoms with Crippen LogP contribution in [0.1, 0.15) is 63.3 Å². The van der Waals surface area contributed by atoms with Gasteiger partial charge in [-0.3, -0.25) is 4.90 Å². The lowest BCUT2D eigenvalue weighted by Crippen LogP contribution is -2.54. The van der Waals surface area contributed by atoms with Crippen LogP contribution >= 0.6 is 0 Å². The second-order valence-electron chi connectivity index (χ2n) is 9.60. The SMILES string of the molecule is Cc1cc(CN2CCN(C(=O)OC(C)(C)C)[C@@H](C)C2)c(C)c(Nc2nnc(C(C)O)o2)c1. The third-order valence-corrected chi connectivity index (χ3v) is 5.43. The Kier molecular flexibility index (Phi) is 7.09. The van der Waals surface area contributed by atoms with Crippen LogP contribution < -0.4 is 5.32 Å². The number of hydrogen-bond acceptors (Lipinski definition) is 8. The molecule has 176 valence electrons. The van der Waals surface area contributed by atoms with E-state index in [-0.39, 0.29) is 24.0 Å². The van der Waals surface area contributed by atoms with E-state index in [2.05, 4.69) is 40.3 Å². The second kappa shape index (κ2) is 9.46. The lowest BCUT2D eigenvalue weighted by Gasteiger charge is -2.40. The quantitative estimate of drug-likeness (QED) is 0.714. The van der Waals surface area contributed by atoms with Crippen molar-refractivity contribution in [1.82, 2.24) is 20.0 Å². The van der Waals surface area contributed by atoms with Crippen LogP contribution in [0.5, 0.6) is 0 Å². The van der Waals surface area contributed by atoms with E-state index in [1.807, 2.05) is 38.7 Å². The van der Waals surface area contributed by atoms with Gasteiger partial charge in [0, 0.05) is 37.9 Å². The van der Waals surface area contributed by atoms with Gasteiger partial charge in [-0.05, 0) is 71.2 Å². The molecule has 1 unspecified atom stereocenters. The Morgan fingerprint density at radius 1 is 1.31 bits per heavy atom. The maximum atomic E-state index is 12.5. The number of benzene rings is 1. The molecule has 1 aliphatic heterocycles. The summed E-state index contributed by atoms with van der Waals surface area (Å²) in [5, 5.41) is 20.6. The summed E-state index contributed by atoms with van der Waals surface area (Å²) < 4.78 is 11.0. The number of anilines is 2. The van der Waals surface area contributed by atoms with E-state index in [0.29, 0.717) is 6.54 Å². The van der Waals surface area contributed by atoms with Gasteiger partial charge in [0.25, 0.3) is 0 Å². The zero-order chi connectivity index (χ0) is 23.6. The number of carbonyl (C=O) groups is 1. The number of ether oxygens (including phenoxy) is 1. The summed E-state index contributed by atoms with van der Waals surface area (Å²) in [6.07, 6.45) is -1.06. The highest BCUT2D eigenvalue weighted by atomic mass is 16.6. The molecule has 0 saturated carbocycles. The number of aliphatic hydroxyl groups excluding tert-OH is 1. The maximum absolute atomic E-state index is 12.5. The van der Waals surface area contributed by atoms with Crippen LogP contribution in [0.25, 0.3) is 0 Å². The van der Waals surface area contributed by atoms with Gasteiger partial charge in [0.2, 0.25) is 5.89 Å². The number of rotatable bonds is 5. The van der Waals surface area contributed by atoms with Gasteiger partial charge >= 0.3 is 12.1 Å². The topological polar surface area (TPSA) is 104 Å². The van der Waals surface area contributed by atoms with Crippen LogP contribution in [0, 0.1) is 13.8 Å². The van der Waals surface area contributed by atoms with Gasteiger partial charge < -0.3 is 24.5 Å². The zero-order valence-corrected chi connectivity index (χ0v) is 20.1. The van der Waals surface area contributed by atoms with E-state index >= 15 is 0 Å². The van der Waals surface area contributed by atoms with Crippen LogP contribution in [0.3, 0.4) is 0 Å². The van der Waals surface area contributed by atoms with E-state index < -0.39 is 11.7 Å². The van der Waals surface area contributed by atoms with E-state index in [4.69, 9.17) is 9.15 Å². The summed E-state index contributed by atoms with van der Waals surface area (Å²) in [7, 11) is 0. The van der Waals surface area contributed by atoms with Crippen molar-refractivity contribution < 1.29 is 19.1 Å². The molecule has 2 aromatic rings. The number of aromatic nitrogens is 2. The molecule has 9 nitrogen and oxygen atoms in total. The Hall–Kier alpha value is -2.65. The third-order valence-electron chi connectivity index (χ3n) is 5.43. The highest BCUT2D eigenvalue weighted by Crippen LogP contribution is 2.27. The lowest BCUT2D eigenvalue weighted by atomic mass is 10.0. The van der Waals surface area contributed by atoms with Gasteiger partial charge in [-0.2, -0.15) is 0 Å². The van der Waals surface area contributed by atoms with E-state index in [0.717, 1.165) is 36.4 Å². The number of aryl methyl sites for hydroxylation is 1. The van der Waals surface area contributed by atoms with Gasteiger partial charge in [0.05, 0.1) is 0 Å². The van der Waals surface area contributed by atoms with Crippen molar-refractivity contribution in [3.8, 4) is 0 Å². The molecule has 1 aromatic carbocycles. The monoisotopic (exact) mass is 445 g/mol. The summed E-state index contributed by atoms with van der Waals surface area (Å²) >= 11 is 0. The highest BCUT2D eigenvalue weighted by molar-refractivity contribution is 5.68. The van der Waals surface area contributed by atoms with Crippen molar-refractivity contribution in [1.29, 1.82) is 0 Å². The van der Waals surface area contributed by atoms with E-state index in [1.165, 1.54) is 5.56 Å². The minimum Gasteiger partial charge on any atom is -0.444 e. The van der Waals surface area contributed by atoms with Crippen molar-refractivity contribution in [2.45, 2.75) is 72.8 Å². The van der Waals surface area contributed by atoms with Gasteiger partial charge in [0.15, 0.2) is 0 Å². The number of hydrogen-bond donors (Lipinski definition) is 2. The average molecular weight is 446 g/mol. The molecule has 1 aliphatic rings. The molecule has 1 fully saturated rings. The molecule has 3 rings (SSSR count). The summed E-state index contributed by atoms with van der Waals surface area (Å²) in [4.78, 5) is 16.7. The first-order valence-electron chi connectivity index (χ1n) is 11.0. The Labute approximate surface area is 189 Å². The predicted octanol–water partition coefficient (Wildman–Crippen LogP) is 3.92. The summed E-state index contributed by atoms with van der Waals surface area (Å²) in [6, 6.07) is 4.54. The number of amides is 1. The fraction of sp³-hybridized carbons (Fsp3) is 0.609. The minimum absolute atomic E-state index is 0.0681. The normalized spacial score (nSPS) is 18.5. The summed E-state index contributed by atoms with van der Waals surface area (Å²) in [6.45, 7) is 16.4. The van der Waals surface area contributed by atoms with Crippen molar-refractivity contribution >= 4 is 17.8 Å².